The van der Waals surface area contributed by atoms with Crippen molar-refractivity contribution < 1.29 is 27.3 Å². The molecule has 0 aliphatic carbocycles. The Balaban J connectivity index is 4.95. The van der Waals surface area contributed by atoms with Crippen LogP contribution < -0.4 is 0 Å². The predicted molar refractivity (Wildman–Crippen MR) is 147 cm³/mol. The second-order valence-corrected chi connectivity index (χ2v) is 23.3. The number of halogens is 1. The van der Waals surface area contributed by atoms with Crippen LogP contribution in [0.4, 0.5) is 0 Å². The van der Waals surface area contributed by atoms with E-state index >= 15 is 0 Å². The zero-order valence-corrected chi connectivity index (χ0v) is 26.4. The average molecular weight is 582 g/mol. The SMILES string of the molecule is C=C(C)C(=O)OCCC[Si](C)(C)O[Si](C)(CCCCBr)O[Si](C)(C)CCCOC(=O)C(=C)C. The molecule has 0 aromatic carbocycles. The number of carbonyl (C=O) groups excluding carboxylic acids is 2. The first-order chi connectivity index (χ1) is 15.1. The third-order valence-corrected chi connectivity index (χ3v) is 17.8. The Morgan fingerprint density at radius 2 is 1.09 bits per heavy atom. The van der Waals surface area contributed by atoms with Gasteiger partial charge in [0.2, 0.25) is 0 Å². The van der Waals surface area contributed by atoms with E-state index in [1.807, 2.05) is 0 Å². The van der Waals surface area contributed by atoms with Crippen molar-refractivity contribution >= 4 is 53.1 Å². The van der Waals surface area contributed by atoms with E-state index in [0.717, 1.165) is 49.1 Å². The lowest BCUT2D eigenvalue weighted by molar-refractivity contribution is -0.139. The first kappa shape index (κ1) is 32.5. The van der Waals surface area contributed by atoms with E-state index in [9.17, 15) is 9.59 Å². The van der Waals surface area contributed by atoms with Crippen molar-refractivity contribution in [1.29, 1.82) is 0 Å². The molecule has 0 heterocycles. The molecule has 0 saturated carbocycles. The second kappa shape index (κ2) is 15.5. The molecule has 33 heavy (non-hydrogen) atoms. The maximum atomic E-state index is 11.6. The number of ether oxygens (including phenoxy) is 2. The third-order valence-electron chi connectivity index (χ3n) is 5.01. The summed E-state index contributed by atoms with van der Waals surface area (Å²) in [7, 11) is -6.42. The molecule has 0 fully saturated rings. The number of hydrogen-bond acceptors (Lipinski definition) is 6. The highest BCUT2D eigenvalue weighted by Gasteiger charge is 2.42. The van der Waals surface area contributed by atoms with E-state index in [0.29, 0.717) is 24.4 Å². The zero-order valence-electron chi connectivity index (χ0n) is 21.8. The van der Waals surface area contributed by atoms with Crippen LogP contribution in [0.5, 0.6) is 0 Å². The number of alkyl halides is 1. The summed E-state index contributed by atoms with van der Waals surface area (Å²) in [4.78, 5) is 23.2. The Bertz CT molecular complexity index is 619. The Morgan fingerprint density at radius 1 is 0.697 bits per heavy atom. The molecular formula is C23H45BrO6Si3. The highest BCUT2D eigenvalue weighted by molar-refractivity contribution is 9.09. The van der Waals surface area contributed by atoms with Crippen molar-refractivity contribution in [1.82, 2.24) is 0 Å². The summed E-state index contributed by atoms with van der Waals surface area (Å²) < 4.78 is 24.2. The summed E-state index contributed by atoms with van der Waals surface area (Å²) in [6.07, 6.45) is 3.71. The normalized spacial score (nSPS) is 12.4. The molecule has 0 unspecified atom stereocenters. The molecule has 0 spiro atoms. The van der Waals surface area contributed by atoms with Gasteiger partial charge in [-0.05, 0) is 84.0 Å². The molecule has 0 aliphatic heterocycles. The third kappa shape index (κ3) is 15.9. The van der Waals surface area contributed by atoms with Gasteiger partial charge in [0.15, 0.2) is 16.6 Å². The van der Waals surface area contributed by atoms with E-state index in [1.165, 1.54) is 0 Å². The fourth-order valence-electron chi connectivity index (χ4n) is 3.51. The first-order valence-electron chi connectivity index (χ1n) is 11.7. The van der Waals surface area contributed by atoms with E-state index in [-0.39, 0.29) is 11.9 Å². The van der Waals surface area contributed by atoms with Crippen LogP contribution in [0.2, 0.25) is 50.9 Å². The van der Waals surface area contributed by atoms with E-state index in [2.05, 4.69) is 61.8 Å². The molecule has 192 valence electrons. The van der Waals surface area contributed by atoms with Crippen molar-refractivity contribution in [2.24, 2.45) is 0 Å². The molecule has 0 radical (unpaired) electrons. The molecule has 0 bridgehead atoms. The average Bonchev–Trinajstić information content (AvgIpc) is 2.67. The lowest BCUT2D eigenvalue weighted by atomic mass is 10.4. The minimum absolute atomic E-state index is 0.339. The molecule has 0 saturated heterocycles. The summed E-state index contributed by atoms with van der Waals surface area (Å²) in [5.74, 6) is -0.677. The fourth-order valence-corrected chi connectivity index (χ4v) is 18.3. The van der Waals surface area contributed by atoms with Gasteiger partial charge in [-0.25, -0.2) is 9.59 Å². The lowest BCUT2D eigenvalue weighted by Crippen LogP contribution is -2.54. The topological polar surface area (TPSA) is 71.1 Å². The smallest absolute Gasteiger partial charge is 0.333 e. The van der Waals surface area contributed by atoms with Gasteiger partial charge in [-0.2, -0.15) is 0 Å². The van der Waals surface area contributed by atoms with Crippen LogP contribution in [0, 0.1) is 0 Å². The van der Waals surface area contributed by atoms with Gasteiger partial charge in [-0.15, -0.1) is 0 Å². The first-order valence-corrected chi connectivity index (χ1v) is 21.6. The van der Waals surface area contributed by atoms with E-state index in [4.69, 9.17) is 17.7 Å². The quantitative estimate of drug-likeness (QED) is 0.0590. The maximum Gasteiger partial charge on any atom is 0.333 e. The van der Waals surface area contributed by atoms with Crippen molar-refractivity contribution in [3.8, 4) is 0 Å². The highest BCUT2D eigenvalue weighted by Crippen LogP contribution is 2.30. The number of hydrogen-bond donors (Lipinski definition) is 0. The van der Waals surface area contributed by atoms with Gasteiger partial charge in [0, 0.05) is 16.5 Å². The van der Waals surface area contributed by atoms with Crippen LogP contribution in [0.3, 0.4) is 0 Å². The van der Waals surface area contributed by atoms with Crippen molar-refractivity contribution in [2.45, 2.75) is 90.4 Å². The summed E-state index contributed by atoms with van der Waals surface area (Å²) in [6.45, 7) is 22.4. The summed E-state index contributed by atoms with van der Waals surface area (Å²) in [6, 6.07) is 2.76. The minimum atomic E-state index is -2.40. The Kier molecular flexibility index (Phi) is 15.2. The molecule has 0 rings (SSSR count). The summed E-state index contributed by atoms with van der Waals surface area (Å²) in [5, 5.41) is 0.974. The van der Waals surface area contributed by atoms with Crippen molar-refractivity contribution in [2.75, 3.05) is 18.5 Å². The monoisotopic (exact) mass is 580 g/mol. The molecule has 6 nitrogen and oxygen atoms in total. The van der Waals surface area contributed by atoms with E-state index < -0.39 is 25.2 Å². The molecule has 0 aromatic heterocycles. The zero-order chi connectivity index (χ0) is 25.7. The maximum absolute atomic E-state index is 11.6. The Morgan fingerprint density at radius 3 is 1.42 bits per heavy atom. The molecule has 0 N–H and O–H groups in total. The Hall–Kier alpha value is -0.529. The summed E-state index contributed by atoms with van der Waals surface area (Å²) in [5.41, 5.74) is 0.842. The molecule has 0 atom stereocenters. The lowest BCUT2D eigenvalue weighted by Gasteiger charge is -2.41. The van der Waals surface area contributed by atoms with Crippen LogP contribution in [0.1, 0.15) is 39.5 Å². The fraction of sp³-hybridized carbons (Fsp3) is 0.739. The molecule has 0 aromatic rings. The van der Waals surface area contributed by atoms with Gasteiger partial charge >= 0.3 is 20.5 Å². The summed E-state index contributed by atoms with van der Waals surface area (Å²) >= 11 is 3.52. The van der Waals surface area contributed by atoms with Gasteiger partial charge in [0.1, 0.15) is 0 Å². The largest absolute Gasteiger partial charge is 0.462 e. The minimum Gasteiger partial charge on any atom is -0.462 e. The van der Waals surface area contributed by atoms with Gasteiger partial charge in [0.05, 0.1) is 13.2 Å². The molecular weight excluding hydrogens is 536 g/mol. The number of carbonyl (C=O) groups is 2. The Labute approximate surface area is 213 Å². The van der Waals surface area contributed by atoms with Gasteiger partial charge in [-0.3, -0.25) is 0 Å². The highest BCUT2D eigenvalue weighted by atomic mass is 79.9. The molecule has 0 amide bonds. The number of esters is 2. The van der Waals surface area contributed by atoms with Crippen LogP contribution in [-0.2, 0) is 27.3 Å². The van der Waals surface area contributed by atoms with Crippen molar-refractivity contribution in [3.63, 3.8) is 0 Å². The van der Waals surface area contributed by atoms with Gasteiger partial charge < -0.3 is 17.7 Å². The number of unbranched alkanes of at least 4 members (excludes halogenated alkanes) is 1. The van der Waals surface area contributed by atoms with Crippen molar-refractivity contribution in [3.05, 3.63) is 24.3 Å². The van der Waals surface area contributed by atoms with Crippen LogP contribution in [0.25, 0.3) is 0 Å². The van der Waals surface area contributed by atoms with E-state index in [1.54, 1.807) is 13.8 Å². The van der Waals surface area contributed by atoms with Crippen LogP contribution >= 0.6 is 15.9 Å². The second-order valence-electron chi connectivity index (χ2n) is 10.0. The van der Waals surface area contributed by atoms with Crippen LogP contribution in [0.15, 0.2) is 24.3 Å². The van der Waals surface area contributed by atoms with Gasteiger partial charge in [0.25, 0.3) is 0 Å². The predicted octanol–water partition coefficient (Wildman–Crippen LogP) is 6.70. The molecule has 0 aliphatic rings. The van der Waals surface area contributed by atoms with Gasteiger partial charge in [-0.1, -0.05) is 35.5 Å². The standard InChI is InChI=1S/C23H45BrO6Si3/c1-20(2)22(25)27-15-12-17-31(5,6)29-33(9,19-11-10-14-24)30-32(7,8)18-13-16-28-23(26)21(3)4/h1,3,10-19H2,2,4-9H3. The molecule has 10 heteroatoms. The number of rotatable bonds is 18. The van der Waals surface area contributed by atoms with Crippen LogP contribution in [-0.4, -0.2) is 55.7 Å².